The Labute approximate surface area is 108 Å². The Bertz CT molecular complexity index is 259. The quantitative estimate of drug-likeness (QED) is 0.705. The predicted molar refractivity (Wildman–Crippen MR) is 68.2 cm³/mol. The van der Waals surface area contributed by atoms with E-state index in [1.807, 2.05) is 0 Å². The maximum Gasteiger partial charge on any atom is 0.249 e. The minimum atomic E-state index is -0.238. The monoisotopic (exact) mass is 256 g/mol. The van der Waals surface area contributed by atoms with Gasteiger partial charge in [-0.25, -0.2) is 0 Å². The van der Waals surface area contributed by atoms with Gasteiger partial charge in [-0.2, -0.15) is 0 Å². The highest BCUT2D eigenvalue weighted by Gasteiger charge is 2.23. The number of carbonyl (C=O) groups is 1. The zero-order valence-corrected chi connectivity index (χ0v) is 10.9. The van der Waals surface area contributed by atoms with E-state index in [2.05, 4.69) is 5.32 Å². The molecule has 0 spiro atoms. The van der Waals surface area contributed by atoms with Crippen molar-refractivity contribution in [3.05, 3.63) is 0 Å². The van der Waals surface area contributed by atoms with Crippen molar-refractivity contribution in [1.82, 2.24) is 5.32 Å². The molecular formula is C13H24N2O3. The molecule has 0 aromatic heterocycles. The lowest BCUT2D eigenvalue weighted by atomic mass is 9.94. The summed E-state index contributed by atoms with van der Waals surface area (Å²) in [5.41, 5.74) is 5.83. The third-order valence-electron chi connectivity index (χ3n) is 3.70. The van der Waals surface area contributed by atoms with Crippen LogP contribution in [0.5, 0.6) is 0 Å². The van der Waals surface area contributed by atoms with Crippen molar-refractivity contribution >= 4 is 5.91 Å². The number of ether oxygens (including phenoxy) is 2. The van der Waals surface area contributed by atoms with Gasteiger partial charge in [0, 0.05) is 19.2 Å². The average molecular weight is 256 g/mol. The molecule has 2 fully saturated rings. The van der Waals surface area contributed by atoms with Crippen LogP contribution in [-0.4, -0.2) is 43.9 Å². The van der Waals surface area contributed by atoms with Crippen molar-refractivity contribution < 1.29 is 14.3 Å². The van der Waals surface area contributed by atoms with Gasteiger partial charge in [0.25, 0.3) is 0 Å². The summed E-state index contributed by atoms with van der Waals surface area (Å²) in [5, 5.41) is 2.86. The zero-order valence-electron chi connectivity index (χ0n) is 10.9. The van der Waals surface area contributed by atoms with Gasteiger partial charge in [-0.15, -0.1) is 0 Å². The van der Waals surface area contributed by atoms with E-state index in [4.69, 9.17) is 15.2 Å². The van der Waals surface area contributed by atoms with Gasteiger partial charge in [0.15, 0.2) is 0 Å². The Morgan fingerprint density at radius 3 is 2.72 bits per heavy atom. The maximum absolute atomic E-state index is 11.6. The molecule has 0 unspecified atom stereocenters. The summed E-state index contributed by atoms with van der Waals surface area (Å²) in [6.45, 7) is 1.86. The standard InChI is InChI=1S/C13H24N2O3/c14-10-3-5-11(6-4-10)17-9-7-15-13(16)12-2-1-8-18-12/h10-12H,1-9,14H2,(H,15,16)/t10?,11?,12-/m0/s1. The van der Waals surface area contributed by atoms with Gasteiger partial charge in [-0.1, -0.05) is 0 Å². The van der Waals surface area contributed by atoms with Crippen LogP contribution >= 0.6 is 0 Å². The highest BCUT2D eigenvalue weighted by molar-refractivity contribution is 5.80. The van der Waals surface area contributed by atoms with Crippen molar-refractivity contribution in [2.24, 2.45) is 5.73 Å². The topological polar surface area (TPSA) is 73.6 Å². The van der Waals surface area contributed by atoms with Crippen molar-refractivity contribution in [3.63, 3.8) is 0 Å². The van der Waals surface area contributed by atoms with E-state index in [0.29, 0.717) is 31.9 Å². The van der Waals surface area contributed by atoms with Gasteiger partial charge < -0.3 is 20.5 Å². The van der Waals surface area contributed by atoms with E-state index in [1.54, 1.807) is 0 Å². The Balaban J connectivity index is 1.51. The van der Waals surface area contributed by atoms with Gasteiger partial charge >= 0.3 is 0 Å². The fraction of sp³-hybridized carbons (Fsp3) is 0.923. The summed E-state index contributed by atoms with van der Waals surface area (Å²) in [6, 6.07) is 0.351. The lowest BCUT2D eigenvalue weighted by Gasteiger charge is -2.26. The first kappa shape index (κ1) is 13.8. The lowest BCUT2D eigenvalue weighted by Crippen LogP contribution is -2.37. The average Bonchev–Trinajstić information content (AvgIpc) is 2.90. The molecule has 5 heteroatoms. The van der Waals surface area contributed by atoms with Crippen LogP contribution < -0.4 is 11.1 Å². The predicted octanol–water partition coefficient (Wildman–Crippen LogP) is 0.568. The number of hydrogen-bond donors (Lipinski definition) is 2. The molecule has 2 rings (SSSR count). The zero-order chi connectivity index (χ0) is 12.8. The first-order valence-electron chi connectivity index (χ1n) is 7.02. The SMILES string of the molecule is NC1CCC(OCCNC(=O)[C@@H]2CCCO2)CC1. The second-order valence-corrected chi connectivity index (χ2v) is 5.20. The number of amides is 1. The molecule has 1 amide bonds. The Hall–Kier alpha value is -0.650. The summed E-state index contributed by atoms with van der Waals surface area (Å²) >= 11 is 0. The molecule has 5 nitrogen and oxygen atoms in total. The molecule has 1 aliphatic heterocycles. The molecule has 1 heterocycles. The van der Waals surface area contributed by atoms with Gasteiger partial charge in [-0.05, 0) is 38.5 Å². The number of rotatable bonds is 5. The minimum absolute atomic E-state index is 0.00164. The summed E-state index contributed by atoms with van der Waals surface area (Å²) in [5.74, 6) is 0.00164. The number of carbonyl (C=O) groups excluding carboxylic acids is 1. The summed E-state index contributed by atoms with van der Waals surface area (Å²) in [4.78, 5) is 11.6. The maximum atomic E-state index is 11.6. The van der Waals surface area contributed by atoms with E-state index < -0.39 is 0 Å². The second-order valence-electron chi connectivity index (χ2n) is 5.20. The third-order valence-corrected chi connectivity index (χ3v) is 3.70. The molecule has 1 saturated heterocycles. The lowest BCUT2D eigenvalue weighted by molar-refractivity contribution is -0.130. The van der Waals surface area contributed by atoms with Crippen LogP contribution in [0.1, 0.15) is 38.5 Å². The van der Waals surface area contributed by atoms with E-state index in [9.17, 15) is 4.79 Å². The smallest absolute Gasteiger partial charge is 0.249 e. The van der Waals surface area contributed by atoms with Crippen LogP contribution in [0, 0.1) is 0 Å². The van der Waals surface area contributed by atoms with Crippen molar-refractivity contribution in [2.75, 3.05) is 19.8 Å². The first-order valence-corrected chi connectivity index (χ1v) is 7.02. The largest absolute Gasteiger partial charge is 0.376 e. The summed E-state index contributed by atoms with van der Waals surface area (Å²) < 4.78 is 11.0. The van der Waals surface area contributed by atoms with E-state index in [0.717, 1.165) is 38.5 Å². The molecular weight excluding hydrogens is 232 g/mol. The van der Waals surface area contributed by atoms with Crippen molar-refractivity contribution in [2.45, 2.75) is 56.8 Å². The van der Waals surface area contributed by atoms with E-state index in [-0.39, 0.29) is 12.0 Å². The van der Waals surface area contributed by atoms with Crippen LogP contribution in [0.15, 0.2) is 0 Å². The van der Waals surface area contributed by atoms with Gasteiger partial charge in [-0.3, -0.25) is 4.79 Å². The highest BCUT2D eigenvalue weighted by atomic mass is 16.5. The number of nitrogens with one attached hydrogen (secondary N) is 1. The number of hydrogen-bond acceptors (Lipinski definition) is 4. The molecule has 0 aromatic carbocycles. The highest BCUT2D eigenvalue weighted by Crippen LogP contribution is 2.19. The Kier molecular flexibility index (Phi) is 5.41. The molecule has 104 valence electrons. The molecule has 0 aromatic rings. The van der Waals surface area contributed by atoms with Crippen LogP contribution in [0.25, 0.3) is 0 Å². The van der Waals surface area contributed by atoms with Gasteiger partial charge in [0.05, 0.1) is 12.7 Å². The van der Waals surface area contributed by atoms with E-state index in [1.165, 1.54) is 0 Å². The van der Waals surface area contributed by atoms with Crippen LogP contribution in [0.4, 0.5) is 0 Å². The van der Waals surface area contributed by atoms with Gasteiger partial charge in [0.1, 0.15) is 6.10 Å². The Morgan fingerprint density at radius 1 is 1.28 bits per heavy atom. The summed E-state index contributed by atoms with van der Waals surface area (Å²) in [6.07, 6.45) is 6.09. The van der Waals surface area contributed by atoms with Gasteiger partial charge in [0.2, 0.25) is 5.91 Å². The molecule has 1 atom stereocenters. The van der Waals surface area contributed by atoms with Crippen LogP contribution in [0.3, 0.4) is 0 Å². The molecule has 3 N–H and O–H groups in total. The molecule has 1 saturated carbocycles. The van der Waals surface area contributed by atoms with E-state index >= 15 is 0 Å². The van der Waals surface area contributed by atoms with Crippen LogP contribution in [0.2, 0.25) is 0 Å². The minimum Gasteiger partial charge on any atom is -0.376 e. The normalized spacial score (nSPS) is 32.4. The van der Waals surface area contributed by atoms with Crippen molar-refractivity contribution in [1.29, 1.82) is 0 Å². The fourth-order valence-corrected chi connectivity index (χ4v) is 2.55. The first-order chi connectivity index (χ1) is 8.75. The molecule has 0 bridgehead atoms. The van der Waals surface area contributed by atoms with Crippen molar-refractivity contribution in [3.8, 4) is 0 Å². The second kappa shape index (κ2) is 7.07. The molecule has 2 aliphatic rings. The molecule has 1 aliphatic carbocycles. The number of nitrogens with two attached hydrogens (primary N) is 1. The fourth-order valence-electron chi connectivity index (χ4n) is 2.55. The molecule has 18 heavy (non-hydrogen) atoms. The third kappa shape index (κ3) is 4.23. The summed E-state index contributed by atoms with van der Waals surface area (Å²) in [7, 11) is 0. The van der Waals surface area contributed by atoms with Crippen LogP contribution in [-0.2, 0) is 14.3 Å². The molecule has 0 radical (unpaired) electrons. The Morgan fingerprint density at radius 2 is 2.06 bits per heavy atom.